The number of aromatic amines is 1. The molecule has 19 heavy (non-hydrogen) atoms. The quantitative estimate of drug-likeness (QED) is 0.881. The molecular formula is C14H17N3OS. The first-order valence-electron chi connectivity index (χ1n) is 6.61. The van der Waals surface area contributed by atoms with E-state index >= 15 is 0 Å². The van der Waals surface area contributed by atoms with Gasteiger partial charge in [-0.2, -0.15) is 5.10 Å². The molecule has 2 aromatic rings. The lowest BCUT2D eigenvalue weighted by Gasteiger charge is -2.01. The predicted molar refractivity (Wildman–Crippen MR) is 75.7 cm³/mol. The van der Waals surface area contributed by atoms with E-state index in [1.165, 1.54) is 22.6 Å². The highest BCUT2D eigenvalue weighted by Crippen LogP contribution is 2.38. The minimum Gasteiger partial charge on any atom is -0.350 e. The number of rotatable bonds is 5. The third-order valence-corrected chi connectivity index (χ3v) is 4.36. The summed E-state index contributed by atoms with van der Waals surface area (Å²) in [6, 6.07) is 6.10. The van der Waals surface area contributed by atoms with E-state index in [2.05, 4.69) is 34.6 Å². The van der Waals surface area contributed by atoms with Crippen LogP contribution in [0.1, 0.15) is 44.7 Å². The Kier molecular flexibility index (Phi) is 3.38. The molecule has 0 aromatic carbocycles. The van der Waals surface area contributed by atoms with Crippen molar-refractivity contribution in [1.82, 2.24) is 15.5 Å². The Bertz CT molecular complexity index is 583. The molecular weight excluding hydrogens is 258 g/mol. The molecule has 1 amide bonds. The van der Waals surface area contributed by atoms with Crippen molar-refractivity contribution in [3.05, 3.63) is 39.3 Å². The summed E-state index contributed by atoms with van der Waals surface area (Å²) < 4.78 is 0. The number of nitrogens with one attached hydrogen (secondary N) is 2. The first-order valence-corrected chi connectivity index (χ1v) is 7.43. The number of carbonyl (C=O) groups is 1. The lowest BCUT2D eigenvalue weighted by molar-refractivity contribution is 0.0949. The fourth-order valence-electron chi connectivity index (χ4n) is 2.07. The Morgan fingerprint density at radius 3 is 3.05 bits per heavy atom. The Morgan fingerprint density at radius 1 is 1.53 bits per heavy atom. The molecule has 3 rings (SSSR count). The molecule has 0 unspecified atom stereocenters. The van der Waals surface area contributed by atoms with E-state index in [1.54, 1.807) is 11.3 Å². The summed E-state index contributed by atoms with van der Waals surface area (Å²) in [6.07, 6.45) is 3.30. The van der Waals surface area contributed by atoms with Crippen LogP contribution >= 0.6 is 11.3 Å². The average molecular weight is 275 g/mol. The molecule has 2 heterocycles. The molecule has 0 bridgehead atoms. The van der Waals surface area contributed by atoms with Crippen LogP contribution in [0.4, 0.5) is 0 Å². The highest BCUT2D eigenvalue weighted by atomic mass is 32.1. The van der Waals surface area contributed by atoms with Crippen LogP contribution in [-0.4, -0.2) is 22.6 Å². The van der Waals surface area contributed by atoms with Crippen LogP contribution in [0.15, 0.2) is 18.2 Å². The van der Waals surface area contributed by atoms with E-state index in [4.69, 9.17) is 0 Å². The van der Waals surface area contributed by atoms with Gasteiger partial charge in [-0.1, -0.05) is 0 Å². The molecule has 0 spiro atoms. The number of aryl methyl sites for hydroxylation is 1. The molecule has 0 saturated heterocycles. The molecule has 2 aromatic heterocycles. The maximum atomic E-state index is 11.9. The van der Waals surface area contributed by atoms with Crippen LogP contribution in [0.5, 0.6) is 0 Å². The van der Waals surface area contributed by atoms with E-state index in [0.717, 1.165) is 12.1 Å². The minimum atomic E-state index is -0.0866. The maximum absolute atomic E-state index is 11.9. The summed E-state index contributed by atoms with van der Waals surface area (Å²) in [6.45, 7) is 2.75. The summed E-state index contributed by atoms with van der Waals surface area (Å²) >= 11 is 1.78. The first-order chi connectivity index (χ1) is 9.22. The van der Waals surface area contributed by atoms with Gasteiger partial charge < -0.3 is 5.32 Å². The highest BCUT2D eigenvalue weighted by Gasteiger charge is 2.26. The third kappa shape index (κ3) is 3.04. The Hall–Kier alpha value is -1.62. The van der Waals surface area contributed by atoms with E-state index in [9.17, 15) is 4.79 Å². The molecule has 1 saturated carbocycles. The zero-order chi connectivity index (χ0) is 13.2. The number of amides is 1. The smallest absolute Gasteiger partial charge is 0.271 e. The zero-order valence-corrected chi connectivity index (χ0v) is 11.7. The summed E-state index contributed by atoms with van der Waals surface area (Å²) in [5.74, 6) is 0.513. The van der Waals surface area contributed by atoms with Crippen LogP contribution in [-0.2, 0) is 6.42 Å². The van der Waals surface area contributed by atoms with Gasteiger partial charge in [0, 0.05) is 27.9 Å². The second-order valence-corrected chi connectivity index (χ2v) is 6.37. The summed E-state index contributed by atoms with van der Waals surface area (Å²) in [4.78, 5) is 14.5. The lowest BCUT2D eigenvalue weighted by atomic mass is 10.2. The standard InChI is InChI=1S/C14H17N3OS/c1-9-2-5-11(19-9)6-7-15-14(18)13-8-12(16-17-13)10-3-4-10/h2,5,8,10H,3-4,6-7H2,1H3,(H,15,18)(H,16,17). The van der Waals surface area contributed by atoms with Crippen molar-refractivity contribution in [2.24, 2.45) is 0 Å². The van der Waals surface area contributed by atoms with Crippen molar-refractivity contribution in [2.75, 3.05) is 6.54 Å². The van der Waals surface area contributed by atoms with Gasteiger partial charge in [-0.3, -0.25) is 9.89 Å². The average Bonchev–Trinajstić information content (AvgIpc) is 2.97. The van der Waals surface area contributed by atoms with Crippen molar-refractivity contribution in [1.29, 1.82) is 0 Å². The summed E-state index contributed by atoms with van der Waals surface area (Å²) in [5, 5.41) is 9.94. The van der Waals surface area contributed by atoms with Gasteiger partial charge in [0.05, 0.1) is 0 Å². The zero-order valence-electron chi connectivity index (χ0n) is 10.9. The summed E-state index contributed by atoms with van der Waals surface area (Å²) in [5.41, 5.74) is 1.60. The van der Waals surface area contributed by atoms with Gasteiger partial charge in [0.15, 0.2) is 0 Å². The Labute approximate surface area is 116 Å². The Balaban J connectivity index is 1.50. The van der Waals surface area contributed by atoms with E-state index in [1.807, 2.05) is 6.07 Å². The molecule has 4 nitrogen and oxygen atoms in total. The van der Waals surface area contributed by atoms with Gasteiger partial charge >= 0.3 is 0 Å². The molecule has 2 N–H and O–H groups in total. The molecule has 0 aliphatic heterocycles. The monoisotopic (exact) mass is 275 g/mol. The first kappa shape index (κ1) is 12.4. The van der Waals surface area contributed by atoms with Crippen LogP contribution in [0.3, 0.4) is 0 Å². The van der Waals surface area contributed by atoms with Crippen molar-refractivity contribution in [3.8, 4) is 0 Å². The lowest BCUT2D eigenvalue weighted by Crippen LogP contribution is -2.25. The SMILES string of the molecule is Cc1ccc(CCNC(=O)c2cc(C3CC3)[nH]n2)s1. The molecule has 1 aliphatic carbocycles. The number of thiophene rings is 1. The second-order valence-electron chi connectivity index (χ2n) is 5.00. The maximum Gasteiger partial charge on any atom is 0.271 e. The Morgan fingerprint density at radius 2 is 2.37 bits per heavy atom. The van der Waals surface area contributed by atoms with Crippen molar-refractivity contribution in [3.63, 3.8) is 0 Å². The molecule has 100 valence electrons. The molecule has 0 radical (unpaired) electrons. The molecule has 1 aliphatic rings. The van der Waals surface area contributed by atoms with Gasteiger partial charge in [-0.15, -0.1) is 11.3 Å². The van der Waals surface area contributed by atoms with Gasteiger partial charge in [-0.05, 0) is 44.4 Å². The number of carbonyl (C=O) groups excluding carboxylic acids is 1. The van der Waals surface area contributed by atoms with Gasteiger partial charge in [-0.25, -0.2) is 0 Å². The number of hydrogen-bond acceptors (Lipinski definition) is 3. The van der Waals surface area contributed by atoms with Crippen LogP contribution < -0.4 is 5.32 Å². The van der Waals surface area contributed by atoms with Crippen LogP contribution in [0.2, 0.25) is 0 Å². The van der Waals surface area contributed by atoms with Gasteiger partial charge in [0.1, 0.15) is 5.69 Å². The summed E-state index contributed by atoms with van der Waals surface area (Å²) in [7, 11) is 0. The second kappa shape index (κ2) is 5.17. The predicted octanol–water partition coefficient (Wildman–Crippen LogP) is 2.63. The third-order valence-electron chi connectivity index (χ3n) is 3.30. The van der Waals surface area contributed by atoms with Crippen molar-refractivity contribution >= 4 is 17.2 Å². The largest absolute Gasteiger partial charge is 0.350 e. The molecule has 0 atom stereocenters. The fraction of sp³-hybridized carbons (Fsp3) is 0.429. The topological polar surface area (TPSA) is 57.8 Å². The van der Waals surface area contributed by atoms with Crippen LogP contribution in [0.25, 0.3) is 0 Å². The number of H-pyrrole nitrogens is 1. The minimum absolute atomic E-state index is 0.0866. The number of hydrogen-bond donors (Lipinski definition) is 2. The van der Waals surface area contributed by atoms with Crippen molar-refractivity contribution < 1.29 is 4.79 Å². The number of aromatic nitrogens is 2. The fourth-order valence-corrected chi connectivity index (χ4v) is 2.96. The van der Waals surface area contributed by atoms with E-state index in [0.29, 0.717) is 18.2 Å². The van der Waals surface area contributed by atoms with E-state index < -0.39 is 0 Å². The number of nitrogens with zero attached hydrogens (tertiary/aromatic N) is 1. The normalized spacial score (nSPS) is 14.6. The van der Waals surface area contributed by atoms with Gasteiger partial charge in [0.2, 0.25) is 0 Å². The van der Waals surface area contributed by atoms with Crippen molar-refractivity contribution in [2.45, 2.75) is 32.1 Å². The molecule has 5 heteroatoms. The van der Waals surface area contributed by atoms with E-state index in [-0.39, 0.29) is 5.91 Å². The molecule has 1 fully saturated rings. The highest BCUT2D eigenvalue weighted by molar-refractivity contribution is 7.11. The van der Waals surface area contributed by atoms with Gasteiger partial charge in [0.25, 0.3) is 5.91 Å². The van der Waals surface area contributed by atoms with Crippen LogP contribution in [0, 0.1) is 6.92 Å².